The lowest BCUT2D eigenvalue weighted by molar-refractivity contribution is 0.0957. The summed E-state index contributed by atoms with van der Waals surface area (Å²) in [6.45, 7) is 1.49. The Hall–Kier alpha value is -3.00. The number of ether oxygens (including phenoxy) is 1. The Labute approximate surface area is 152 Å². The maximum absolute atomic E-state index is 13.7. The smallest absolute Gasteiger partial charge is 0.422 e. The topological polar surface area (TPSA) is 75.7 Å². The first-order valence-electron chi connectivity index (χ1n) is 7.37. The van der Waals surface area contributed by atoms with E-state index in [1.807, 2.05) is 0 Å². The molecule has 0 fully saturated rings. The Morgan fingerprint density at radius 2 is 1.65 bits per heavy atom. The zero-order valence-electron chi connectivity index (χ0n) is 13.5. The first kappa shape index (κ1) is 19.3. The maximum atomic E-state index is 13.7. The summed E-state index contributed by atoms with van der Waals surface area (Å²) in [5.74, 6) is -3.64. The van der Waals surface area contributed by atoms with Crippen molar-refractivity contribution in [2.75, 3.05) is 11.5 Å². The van der Waals surface area contributed by atoms with Crippen molar-refractivity contribution in [2.24, 2.45) is 0 Å². The van der Waals surface area contributed by atoms with Crippen LogP contribution < -0.4 is 10.2 Å². The van der Waals surface area contributed by atoms with E-state index in [2.05, 4.69) is 0 Å². The van der Waals surface area contributed by atoms with Crippen LogP contribution >= 0.6 is 11.6 Å². The van der Waals surface area contributed by atoms with Crippen molar-refractivity contribution in [3.05, 3.63) is 64.7 Å². The average Bonchev–Trinajstić information content (AvgIpc) is 2.57. The van der Waals surface area contributed by atoms with Gasteiger partial charge >= 0.3 is 12.1 Å². The molecule has 0 radical (unpaired) electrons. The highest BCUT2D eigenvalue weighted by Crippen LogP contribution is 2.20. The van der Waals surface area contributed by atoms with Crippen LogP contribution in [0, 0.1) is 11.6 Å². The number of hydrogen-bond donors (Lipinski definition) is 1. The summed E-state index contributed by atoms with van der Waals surface area (Å²) >= 11 is 5.76. The highest BCUT2D eigenvalue weighted by molar-refractivity contribution is 6.30. The number of nitrogens with one attached hydrogen (secondary N) is 1. The van der Waals surface area contributed by atoms with E-state index in [0.29, 0.717) is 9.92 Å². The Morgan fingerprint density at radius 3 is 2.19 bits per heavy atom. The highest BCUT2D eigenvalue weighted by atomic mass is 35.5. The van der Waals surface area contributed by atoms with E-state index in [1.165, 1.54) is 31.2 Å². The van der Waals surface area contributed by atoms with E-state index >= 15 is 0 Å². The van der Waals surface area contributed by atoms with Crippen LogP contribution in [-0.2, 0) is 4.74 Å². The third kappa shape index (κ3) is 4.34. The minimum atomic E-state index is -1.34. The Morgan fingerprint density at radius 1 is 1.08 bits per heavy atom. The van der Waals surface area contributed by atoms with Crippen LogP contribution in [0.25, 0.3) is 0 Å². The van der Waals surface area contributed by atoms with Crippen LogP contribution in [0.15, 0.2) is 42.5 Å². The van der Waals surface area contributed by atoms with Gasteiger partial charge in [0.15, 0.2) is 0 Å². The second kappa shape index (κ2) is 8.39. The molecule has 0 aliphatic rings. The normalized spacial score (nSPS) is 10.2. The zero-order valence-corrected chi connectivity index (χ0v) is 14.2. The molecule has 0 atom stereocenters. The number of rotatable bonds is 3. The standard InChI is InChI=1S/C17H13ClF2N2O4/c1-2-26-17(25)22(11-8-6-10(18)7-9-11)16(24)21-15(23)14-12(19)4-3-5-13(14)20/h3-9H,2H2,1H3,(H,21,23,24). The predicted molar refractivity (Wildman–Crippen MR) is 90.2 cm³/mol. The SMILES string of the molecule is CCOC(=O)N(C(=O)NC(=O)c1c(F)cccc1F)c1ccc(Cl)cc1. The van der Waals surface area contributed by atoms with E-state index in [0.717, 1.165) is 18.2 Å². The van der Waals surface area contributed by atoms with E-state index in [9.17, 15) is 23.2 Å². The lowest BCUT2D eigenvalue weighted by Gasteiger charge is -2.20. The fourth-order valence-electron chi connectivity index (χ4n) is 2.01. The van der Waals surface area contributed by atoms with Crippen LogP contribution in [0.4, 0.5) is 24.1 Å². The zero-order chi connectivity index (χ0) is 19.3. The number of nitrogens with zero attached hydrogens (tertiary/aromatic N) is 1. The molecule has 9 heteroatoms. The van der Waals surface area contributed by atoms with Crippen LogP contribution in [-0.4, -0.2) is 24.6 Å². The summed E-state index contributed by atoms with van der Waals surface area (Å²) in [6, 6.07) is 7.07. The van der Waals surface area contributed by atoms with Crippen molar-refractivity contribution in [2.45, 2.75) is 6.92 Å². The van der Waals surface area contributed by atoms with Gasteiger partial charge in [0.1, 0.15) is 17.2 Å². The van der Waals surface area contributed by atoms with Gasteiger partial charge in [-0.3, -0.25) is 10.1 Å². The van der Waals surface area contributed by atoms with Crippen LogP contribution in [0.3, 0.4) is 0 Å². The molecule has 0 saturated carbocycles. The number of anilines is 1. The minimum Gasteiger partial charge on any atom is -0.449 e. The molecule has 1 N–H and O–H groups in total. The van der Waals surface area contributed by atoms with Gasteiger partial charge in [-0.2, -0.15) is 4.90 Å². The molecular weight excluding hydrogens is 370 g/mol. The molecule has 26 heavy (non-hydrogen) atoms. The van der Waals surface area contributed by atoms with Crippen LogP contribution in [0.5, 0.6) is 0 Å². The molecule has 0 bridgehead atoms. The fraction of sp³-hybridized carbons (Fsp3) is 0.118. The average molecular weight is 383 g/mol. The van der Waals surface area contributed by atoms with Crippen molar-refractivity contribution in [3.63, 3.8) is 0 Å². The van der Waals surface area contributed by atoms with Gasteiger partial charge in [-0.1, -0.05) is 17.7 Å². The van der Waals surface area contributed by atoms with Gasteiger partial charge in [-0.05, 0) is 43.3 Å². The van der Waals surface area contributed by atoms with Crippen molar-refractivity contribution in [3.8, 4) is 0 Å². The molecule has 2 aromatic rings. The van der Waals surface area contributed by atoms with Crippen LogP contribution in [0.1, 0.15) is 17.3 Å². The molecule has 136 valence electrons. The van der Waals surface area contributed by atoms with Gasteiger partial charge in [0.25, 0.3) is 5.91 Å². The number of urea groups is 1. The molecule has 0 aromatic heterocycles. The number of carbonyl (C=O) groups is 3. The number of carbonyl (C=O) groups excluding carboxylic acids is 3. The Bertz CT molecular complexity index is 823. The van der Waals surface area contributed by atoms with Gasteiger partial charge in [0, 0.05) is 5.02 Å². The first-order valence-corrected chi connectivity index (χ1v) is 7.74. The molecule has 0 heterocycles. The molecule has 0 aliphatic carbocycles. The fourth-order valence-corrected chi connectivity index (χ4v) is 2.14. The molecule has 0 unspecified atom stereocenters. The predicted octanol–water partition coefficient (Wildman–Crippen LogP) is 4.13. The summed E-state index contributed by atoms with van der Waals surface area (Å²) in [4.78, 5) is 37.0. The first-order chi connectivity index (χ1) is 12.3. The lowest BCUT2D eigenvalue weighted by atomic mass is 10.2. The molecule has 6 nitrogen and oxygen atoms in total. The van der Waals surface area contributed by atoms with E-state index in [4.69, 9.17) is 16.3 Å². The summed E-state index contributed by atoms with van der Waals surface area (Å²) in [7, 11) is 0. The molecule has 0 saturated heterocycles. The monoisotopic (exact) mass is 382 g/mol. The summed E-state index contributed by atoms with van der Waals surface area (Å²) in [5.41, 5.74) is -0.895. The maximum Gasteiger partial charge on any atom is 0.422 e. The third-order valence-electron chi connectivity index (χ3n) is 3.15. The summed E-state index contributed by atoms with van der Waals surface area (Å²) < 4.78 is 32.1. The van der Waals surface area contributed by atoms with Crippen molar-refractivity contribution >= 4 is 35.3 Å². The van der Waals surface area contributed by atoms with Gasteiger partial charge in [0.2, 0.25) is 0 Å². The lowest BCUT2D eigenvalue weighted by Crippen LogP contribution is -2.47. The number of hydrogen-bond acceptors (Lipinski definition) is 4. The molecule has 4 amide bonds. The van der Waals surface area contributed by atoms with Gasteiger partial charge in [0.05, 0.1) is 12.3 Å². The second-order valence-electron chi connectivity index (χ2n) is 4.87. The third-order valence-corrected chi connectivity index (χ3v) is 3.40. The summed E-state index contributed by atoms with van der Waals surface area (Å²) in [5, 5.41) is 2.11. The second-order valence-corrected chi connectivity index (χ2v) is 5.30. The van der Waals surface area contributed by atoms with Crippen molar-refractivity contribution < 1.29 is 27.9 Å². The largest absolute Gasteiger partial charge is 0.449 e. The molecular formula is C17H13ClF2N2O4. The number of imide groups is 2. The number of benzene rings is 2. The quantitative estimate of drug-likeness (QED) is 0.866. The van der Waals surface area contributed by atoms with Gasteiger partial charge < -0.3 is 4.74 Å². The Kier molecular flexibility index (Phi) is 6.24. The van der Waals surface area contributed by atoms with E-state index in [-0.39, 0.29) is 12.3 Å². The van der Waals surface area contributed by atoms with Crippen LogP contribution in [0.2, 0.25) is 5.02 Å². The molecule has 2 aromatic carbocycles. The van der Waals surface area contributed by atoms with Gasteiger partial charge in [-0.15, -0.1) is 0 Å². The number of amides is 4. The molecule has 0 aliphatic heterocycles. The highest BCUT2D eigenvalue weighted by Gasteiger charge is 2.28. The minimum absolute atomic E-state index is 0.0356. The van der Waals surface area contributed by atoms with Gasteiger partial charge in [-0.25, -0.2) is 18.4 Å². The molecule has 0 spiro atoms. The molecule has 2 rings (SSSR count). The van der Waals surface area contributed by atoms with Crippen molar-refractivity contribution in [1.29, 1.82) is 0 Å². The van der Waals surface area contributed by atoms with Crippen molar-refractivity contribution in [1.82, 2.24) is 5.32 Å². The van der Waals surface area contributed by atoms with E-state index in [1.54, 1.807) is 5.32 Å². The number of halogens is 3. The van der Waals surface area contributed by atoms with E-state index < -0.39 is 35.2 Å². The summed E-state index contributed by atoms with van der Waals surface area (Å²) in [6.07, 6.45) is -1.07. The Balaban J connectivity index is 2.30.